The van der Waals surface area contributed by atoms with E-state index < -0.39 is 0 Å². The second-order valence-corrected chi connectivity index (χ2v) is 4.06. The zero-order chi connectivity index (χ0) is 12.0. The highest BCUT2D eigenvalue weighted by Crippen LogP contribution is 2.22. The van der Waals surface area contributed by atoms with Gasteiger partial charge in [-0.15, -0.1) is 0 Å². The van der Waals surface area contributed by atoms with Crippen molar-refractivity contribution < 1.29 is 4.79 Å². The highest BCUT2D eigenvalue weighted by molar-refractivity contribution is 5.76. The monoisotopic (exact) mass is 217 g/mol. The third-order valence-electron chi connectivity index (χ3n) is 2.67. The van der Waals surface area contributed by atoms with Crippen molar-refractivity contribution in [3.8, 4) is 0 Å². The maximum absolute atomic E-state index is 10.9. The average molecular weight is 217 g/mol. The summed E-state index contributed by atoms with van der Waals surface area (Å²) in [5.41, 5.74) is 9.18. The van der Waals surface area contributed by atoms with Gasteiger partial charge in [0.2, 0.25) is 0 Å². The number of allylic oxidation sites excluding steroid dienone is 1. The van der Waals surface area contributed by atoms with Crippen LogP contribution in [0.25, 0.3) is 5.57 Å². The molecule has 16 heavy (non-hydrogen) atoms. The van der Waals surface area contributed by atoms with Crippen LogP contribution in [-0.4, -0.2) is 5.78 Å². The Hall–Kier alpha value is -1.57. The zero-order valence-electron chi connectivity index (χ0n) is 9.99. The van der Waals surface area contributed by atoms with Gasteiger partial charge >= 0.3 is 0 Å². The highest BCUT2D eigenvalue weighted by Gasteiger charge is 2.04. The van der Waals surface area contributed by atoms with Crippen LogP contribution < -0.4 is 5.73 Å². The summed E-state index contributed by atoms with van der Waals surface area (Å²) in [6.45, 7) is 3.70. The minimum Gasteiger partial charge on any atom is -0.404 e. The number of ketones is 1. The van der Waals surface area contributed by atoms with E-state index in [0.717, 1.165) is 18.4 Å². The van der Waals surface area contributed by atoms with Crippen molar-refractivity contribution in [2.45, 2.75) is 33.1 Å². The van der Waals surface area contributed by atoms with Crippen molar-refractivity contribution in [2.24, 2.45) is 5.73 Å². The Balaban J connectivity index is 2.69. The molecular formula is C14H19NO. The lowest BCUT2D eigenvalue weighted by Crippen LogP contribution is -1.95. The fourth-order valence-electron chi connectivity index (χ4n) is 1.77. The molecular weight excluding hydrogens is 198 g/mol. The van der Waals surface area contributed by atoms with Gasteiger partial charge in [-0.2, -0.15) is 0 Å². The number of rotatable bonds is 5. The maximum Gasteiger partial charge on any atom is 0.129 e. The maximum atomic E-state index is 10.9. The fraction of sp³-hybridized carbons (Fsp3) is 0.357. The van der Waals surface area contributed by atoms with Gasteiger partial charge in [-0.25, -0.2) is 0 Å². The fourth-order valence-corrected chi connectivity index (χ4v) is 1.77. The smallest absolute Gasteiger partial charge is 0.129 e. The molecule has 0 radical (unpaired) electrons. The molecule has 0 heterocycles. The number of aryl methyl sites for hydroxylation is 1. The molecule has 1 aromatic carbocycles. The third-order valence-corrected chi connectivity index (χ3v) is 2.67. The number of Topliss-reactive ketones (excluding diaryl/α,β-unsaturated/α-hetero) is 1. The van der Waals surface area contributed by atoms with E-state index in [9.17, 15) is 4.79 Å². The number of carbonyl (C=O) groups excluding carboxylic acids is 1. The van der Waals surface area contributed by atoms with Gasteiger partial charge < -0.3 is 10.5 Å². The van der Waals surface area contributed by atoms with Crippen molar-refractivity contribution in [3.63, 3.8) is 0 Å². The molecule has 1 aromatic rings. The number of carbonyl (C=O) groups is 1. The third kappa shape index (κ3) is 3.54. The summed E-state index contributed by atoms with van der Waals surface area (Å²) in [5, 5.41) is 0. The summed E-state index contributed by atoms with van der Waals surface area (Å²) in [6.07, 6.45) is 4.01. The van der Waals surface area contributed by atoms with Crippen molar-refractivity contribution in [1.29, 1.82) is 0 Å². The Kier molecular flexibility index (Phi) is 4.77. The Morgan fingerprint density at radius 2 is 2.00 bits per heavy atom. The normalized spacial score (nSPS) is 11.5. The van der Waals surface area contributed by atoms with Crippen LogP contribution >= 0.6 is 0 Å². The number of hydrogen-bond acceptors (Lipinski definition) is 2. The lowest BCUT2D eigenvalue weighted by Gasteiger charge is -2.09. The lowest BCUT2D eigenvalue weighted by atomic mass is 9.97. The quantitative estimate of drug-likeness (QED) is 0.823. The largest absolute Gasteiger partial charge is 0.404 e. The molecule has 2 nitrogen and oxygen atoms in total. The van der Waals surface area contributed by atoms with Gasteiger partial charge in [-0.3, -0.25) is 0 Å². The van der Waals surface area contributed by atoms with Crippen LogP contribution in [0.3, 0.4) is 0 Å². The van der Waals surface area contributed by atoms with Gasteiger partial charge in [-0.05, 0) is 49.6 Å². The van der Waals surface area contributed by atoms with Crippen molar-refractivity contribution in [2.75, 3.05) is 0 Å². The Morgan fingerprint density at radius 1 is 1.31 bits per heavy atom. The number of benzene rings is 1. The van der Waals surface area contributed by atoms with Crippen LogP contribution in [0, 0.1) is 6.92 Å². The Bertz CT molecular complexity index is 393. The van der Waals surface area contributed by atoms with Crippen LogP contribution in [0.2, 0.25) is 0 Å². The van der Waals surface area contributed by atoms with Gasteiger partial charge in [0.15, 0.2) is 0 Å². The summed E-state index contributed by atoms with van der Waals surface area (Å²) in [5.74, 6) is 0.237. The standard InChI is InChI=1S/C14H19NO/c1-11-6-3-4-9-14(11)13(10-15)8-5-7-12(2)16/h3-4,6,9-10H,5,7-8,15H2,1-2H3/b13-10-. The van der Waals surface area contributed by atoms with Gasteiger partial charge in [0, 0.05) is 6.42 Å². The van der Waals surface area contributed by atoms with Crippen LogP contribution in [0.5, 0.6) is 0 Å². The molecule has 0 unspecified atom stereocenters. The second kappa shape index (κ2) is 6.11. The van der Waals surface area contributed by atoms with E-state index in [1.54, 1.807) is 13.1 Å². The molecule has 1 rings (SSSR count). The van der Waals surface area contributed by atoms with Crippen LogP contribution in [-0.2, 0) is 4.79 Å². The summed E-state index contributed by atoms with van der Waals surface area (Å²) in [4.78, 5) is 10.9. The summed E-state index contributed by atoms with van der Waals surface area (Å²) in [7, 11) is 0. The second-order valence-electron chi connectivity index (χ2n) is 4.06. The Morgan fingerprint density at radius 3 is 2.56 bits per heavy atom. The van der Waals surface area contributed by atoms with Gasteiger partial charge in [0.25, 0.3) is 0 Å². The first kappa shape index (κ1) is 12.5. The topological polar surface area (TPSA) is 43.1 Å². The van der Waals surface area contributed by atoms with Crippen molar-refractivity contribution >= 4 is 11.4 Å². The van der Waals surface area contributed by atoms with E-state index in [2.05, 4.69) is 19.1 Å². The predicted molar refractivity (Wildman–Crippen MR) is 67.9 cm³/mol. The molecule has 0 aromatic heterocycles. The van der Waals surface area contributed by atoms with Crippen molar-refractivity contribution in [3.05, 3.63) is 41.6 Å². The zero-order valence-corrected chi connectivity index (χ0v) is 9.99. The Labute approximate surface area is 97.2 Å². The average Bonchev–Trinajstić information content (AvgIpc) is 2.25. The van der Waals surface area contributed by atoms with Gasteiger partial charge in [0.1, 0.15) is 5.78 Å². The molecule has 0 aliphatic rings. The molecule has 0 saturated carbocycles. The molecule has 0 saturated heterocycles. The molecule has 0 fully saturated rings. The van der Waals surface area contributed by atoms with Crippen molar-refractivity contribution in [1.82, 2.24) is 0 Å². The van der Waals surface area contributed by atoms with Gasteiger partial charge in [0.05, 0.1) is 0 Å². The lowest BCUT2D eigenvalue weighted by molar-refractivity contribution is -0.117. The minimum atomic E-state index is 0.237. The first-order valence-corrected chi connectivity index (χ1v) is 5.61. The molecule has 0 aliphatic heterocycles. The number of hydrogen-bond donors (Lipinski definition) is 1. The molecule has 0 spiro atoms. The van der Waals surface area contributed by atoms with E-state index in [4.69, 9.17) is 5.73 Å². The molecule has 0 atom stereocenters. The molecule has 0 amide bonds. The summed E-state index contributed by atoms with van der Waals surface area (Å²) < 4.78 is 0. The van der Waals surface area contributed by atoms with Crippen LogP contribution in [0.15, 0.2) is 30.5 Å². The van der Waals surface area contributed by atoms with E-state index in [-0.39, 0.29) is 5.78 Å². The molecule has 2 N–H and O–H groups in total. The highest BCUT2D eigenvalue weighted by atomic mass is 16.1. The first-order chi connectivity index (χ1) is 7.65. The van der Waals surface area contributed by atoms with Crippen LogP contribution in [0.1, 0.15) is 37.3 Å². The molecule has 0 bridgehead atoms. The van der Waals surface area contributed by atoms with E-state index in [0.29, 0.717) is 6.42 Å². The molecule has 86 valence electrons. The summed E-state index contributed by atoms with van der Waals surface area (Å²) >= 11 is 0. The van der Waals surface area contributed by atoms with E-state index in [1.807, 2.05) is 12.1 Å². The van der Waals surface area contributed by atoms with Crippen LogP contribution in [0.4, 0.5) is 0 Å². The molecule has 0 aliphatic carbocycles. The van der Waals surface area contributed by atoms with E-state index in [1.165, 1.54) is 11.1 Å². The SMILES string of the molecule is CC(=O)CCC/C(=C/N)c1ccccc1C. The minimum absolute atomic E-state index is 0.237. The van der Waals surface area contributed by atoms with E-state index >= 15 is 0 Å². The predicted octanol–water partition coefficient (Wildman–Crippen LogP) is 3.05. The molecule has 2 heteroatoms. The number of nitrogens with two attached hydrogens (primary N) is 1. The summed E-state index contributed by atoms with van der Waals surface area (Å²) in [6, 6.07) is 8.17. The first-order valence-electron chi connectivity index (χ1n) is 5.61. The van der Waals surface area contributed by atoms with Gasteiger partial charge in [-0.1, -0.05) is 24.3 Å².